The van der Waals surface area contributed by atoms with Crippen LogP contribution in [0.15, 0.2) is 0 Å². The van der Waals surface area contributed by atoms with Crippen molar-refractivity contribution in [2.75, 3.05) is 5.75 Å². The molecule has 0 atom stereocenters. The fourth-order valence-corrected chi connectivity index (χ4v) is 2.28. The highest BCUT2D eigenvalue weighted by Gasteiger charge is 2.32. The molecule has 0 spiro atoms. The lowest BCUT2D eigenvalue weighted by atomic mass is 10.4. The Balaban J connectivity index is 2.31. The van der Waals surface area contributed by atoms with Crippen molar-refractivity contribution in [1.29, 1.82) is 0 Å². The third-order valence-electron chi connectivity index (χ3n) is 1.55. The lowest BCUT2D eigenvalue weighted by Crippen LogP contribution is -2.32. The molecule has 0 saturated carbocycles. The van der Waals surface area contributed by atoms with E-state index in [4.69, 9.17) is 0 Å². The van der Waals surface area contributed by atoms with Gasteiger partial charge in [-0.3, -0.25) is 14.4 Å². The van der Waals surface area contributed by atoms with E-state index in [0.29, 0.717) is 5.06 Å². The summed E-state index contributed by atoms with van der Waals surface area (Å²) in [6.45, 7) is 1.37. The van der Waals surface area contributed by atoms with Gasteiger partial charge in [-0.1, -0.05) is 10.8 Å². The minimum atomic E-state index is -0.720. The molecule has 88 valence electrons. The molecule has 0 N–H and O–H groups in total. The van der Waals surface area contributed by atoms with Crippen LogP contribution in [0.1, 0.15) is 19.8 Å². The molecule has 6 nitrogen and oxygen atoms in total. The number of carbonyl (C=O) groups excluding carboxylic acids is 4. The molecule has 2 amide bonds. The second-order valence-electron chi connectivity index (χ2n) is 2.88. The largest absolute Gasteiger partial charge is 0.343 e. The Hall–Kier alpha value is -1.02. The molecule has 1 aliphatic heterocycles. The first kappa shape index (κ1) is 13.0. The zero-order valence-electron chi connectivity index (χ0n) is 8.43. The van der Waals surface area contributed by atoms with Crippen LogP contribution < -0.4 is 0 Å². The molecule has 1 rings (SSSR count). The summed E-state index contributed by atoms with van der Waals surface area (Å²) < 4.78 is 0. The Labute approximate surface area is 99.4 Å². The van der Waals surface area contributed by atoms with Gasteiger partial charge in [-0.25, -0.2) is 4.79 Å². The minimum Gasteiger partial charge on any atom is -0.329 e. The van der Waals surface area contributed by atoms with Gasteiger partial charge in [0.2, 0.25) is 0 Å². The number of amides is 2. The van der Waals surface area contributed by atoms with Gasteiger partial charge in [-0.2, -0.15) is 0 Å². The lowest BCUT2D eigenvalue weighted by Gasteiger charge is -2.11. The van der Waals surface area contributed by atoms with Crippen molar-refractivity contribution in [1.82, 2.24) is 5.06 Å². The van der Waals surface area contributed by atoms with E-state index in [0.717, 1.165) is 21.6 Å². The van der Waals surface area contributed by atoms with Gasteiger partial charge < -0.3 is 4.84 Å². The van der Waals surface area contributed by atoms with Gasteiger partial charge in [-0.05, 0) is 10.8 Å². The fraction of sp³-hybridized carbons (Fsp3) is 0.500. The summed E-state index contributed by atoms with van der Waals surface area (Å²) in [6.07, 6.45) is 0.142. The van der Waals surface area contributed by atoms with E-state index >= 15 is 0 Å². The summed E-state index contributed by atoms with van der Waals surface area (Å²) in [5, 5.41) is 0.354. The van der Waals surface area contributed by atoms with Crippen LogP contribution in [0.4, 0.5) is 0 Å². The molecular weight excluding hydrogens is 254 g/mol. The van der Waals surface area contributed by atoms with Gasteiger partial charge in [0, 0.05) is 19.8 Å². The van der Waals surface area contributed by atoms with Crippen LogP contribution in [0.5, 0.6) is 0 Å². The summed E-state index contributed by atoms with van der Waals surface area (Å²) in [5.41, 5.74) is 0. The summed E-state index contributed by atoms with van der Waals surface area (Å²) >= 11 is 0. The van der Waals surface area contributed by atoms with Crippen molar-refractivity contribution in [3.63, 3.8) is 0 Å². The summed E-state index contributed by atoms with van der Waals surface area (Å²) in [5.74, 6) is -1.84. The van der Waals surface area contributed by atoms with Crippen molar-refractivity contribution < 1.29 is 24.0 Å². The molecule has 0 aromatic carbocycles. The molecule has 0 bridgehead atoms. The Kier molecular flexibility index (Phi) is 4.81. The number of rotatable bonds is 4. The number of hydroxylamine groups is 2. The van der Waals surface area contributed by atoms with E-state index < -0.39 is 17.8 Å². The van der Waals surface area contributed by atoms with Crippen molar-refractivity contribution in [2.45, 2.75) is 19.8 Å². The highest BCUT2D eigenvalue weighted by molar-refractivity contribution is 8.82. The van der Waals surface area contributed by atoms with Gasteiger partial charge in [0.05, 0.1) is 0 Å². The topological polar surface area (TPSA) is 80.8 Å². The van der Waals surface area contributed by atoms with Gasteiger partial charge in [0.25, 0.3) is 11.8 Å². The molecule has 8 heteroatoms. The molecule has 0 aromatic heterocycles. The summed E-state index contributed by atoms with van der Waals surface area (Å²) in [4.78, 5) is 48.4. The summed E-state index contributed by atoms with van der Waals surface area (Å²) in [7, 11) is 1.91. The average molecular weight is 263 g/mol. The molecule has 0 aromatic rings. The second-order valence-corrected chi connectivity index (χ2v) is 5.36. The van der Waals surface area contributed by atoms with E-state index in [9.17, 15) is 19.2 Å². The van der Waals surface area contributed by atoms with Crippen LogP contribution in [0.25, 0.3) is 0 Å². The molecule has 0 radical (unpaired) electrons. The maximum Gasteiger partial charge on any atom is 0.343 e. The number of hydrogen-bond donors (Lipinski definition) is 0. The Morgan fingerprint density at radius 1 is 1.31 bits per heavy atom. The molecule has 1 saturated heterocycles. The predicted octanol–water partition coefficient (Wildman–Crippen LogP) is 0.522. The van der Waals surface area contributed by atoms with Crippen molar-refractivity contribution in [3.8, 4) is 0 Å². The molecular formula is C8H9NO5S2. The SMILES string of the molecule is CC(=O)SSCC(=O)ON1C(=O)CCC1=O. The molecule has 0 aliphatic carbocycles. The Bertz CT molecular complexity index is 327. The van der Waals surface area contributed by atoms with Crippen LogP contribution >= 0.6 is 21.6 Å². The minimum absolute atomic E-state index is 0.0709. The van der Waals surface area contributed by atoms with Gasteiger partial charge in [0.1, 0.15) is 5.75 Å². The molecule has 1 aliphatic rings. The average Bonchev–Trinajstić information content (AvgIpc) is 2.49. The predicted molar refractivity (Wildman–Crippen MR) is 57.9 cm³/mol. The van der Waals surface area contributed by atoms with E-state index in [1.807, 2.05) is 0 Å². The molecule has 1 heterocycles. The first-order chi connectivity index (χ1) is 7.50. The second kappa shape index (κ2) is 5.90. The van der Waals surface area contributed by atoms with Crippen LogP contribution in [0.2, 0.25) is 0 Å². The number of hydrogen-bond acceptors (Lipinski definition) is 7. The van der Waals surface area contributed by atoms with E-state index in [1.54, 1.807) is 0 Å². The van der Waals surface area contributed by atoms with Gasteiger partial charge in [0.15, 0.2) is 5.12 Å². The number of nitrogens with zero attached hydrogens (tertiary/aromatic N) is 1. The molecule has 0 unspecified atom stereocenters. The third-order valence-corrected chi connectivity index (χ3v) is 3.67. The monoisotopic (exact) mass is 263 g/mol. The van der Waals surface area contributed by atoms with E-state index in [-0.39, 0.29) is 23.7 Å². The van der Waals surface area contributed by atoms with Crippen molar-refractivity contribution in [3.05, 3.63) is 0 Å². The van der Waals surface area contributed by atoms with Crippen LogP contribution in [-0.2, 0) is 24.0 Å². The van der Waals surface area contributed by atoms with Crippen molar-refractivity contribution in [2.24, 2.45) is 0 Å². The normalized spacial score (nSPS) is 15.4. The Morgan fingerprint density at radius 3 is 2.38 bits per heavy atom. The highest BCUT2D eigenvalue weighted by Crippen LogP contribution is 2.22. The lowest BCUT2D eigenvalue weighted by molar-refractivity contribution is -0.195. The Morgan fingerprint density at radius 2 is 1.88 bits per heavy atom. The maximum absolute atomic E-state index is 11.2. The number of imide groups is 1. The zero-order valence-corrected chi connectivity index (χ0v) is 10.1. The molecule has 16 heavy (non-hydrogen) atoms. The highest BCUT2D eigenvalue weighted by atomic mass is 33.1. The van der Waals surface area contributed by atoms with Gasteiger partial charge in [-0.15, -0.1) is 5.06 Å². The van der Waals surface area contributed by atoms with Crippen LogP contribution in [-0.4, -0.2) is 33.7 Å². The zero-order chi connectivity index (χ0) is 12.1. The van der Waals surface area contributed by atoms with Gasteiger partial charge >= 0.3 is 5.97 Å². The fourth-order valence-electron chi connectivity index (χ4n) is 0.947. The van der Waals surface area contributed by atoms with E-state index in [1.165, 1.54) is 6.92 Å². The van der Waals surface area contributed by atoms with Crippen LogP contribution in [0, 0.1) is 0 Å². The standard InChI is InChI=1S/C8H9NO5S2/c1-5(10)16-15-4-8(13)14-9-6(11)2-3-7(9)12/h2-4H2,1H3. The summed E-state index contributed by atoms with van der Waals surface area (Å²) in [6, 6.07) is 0. The number of carbonyl (C=O) groups is 4. The smallest absolute Gasteiger partial charge is 0.329 e. The van der Waals surface area contributed by atoms with Crippen molar-refractivity contribution >= 4 is 44.5 Å². The maximum atomic E-state index is 11.2. The van der Waals surface area contributed by atoms with Crippen LogP contribution in [0.3, 0.4) is 0 Å². The first-order valence-electron chi connectivity index (χ1n) is 4.37. The molecule has 1 fully saturated rings. The van der Waals surface area contributed by atoms with E-state index in [2.05, 4.69) is 4.84 Å². The first-order valence-corrected chi connectivity index (χ1v) is 6.69. The quantitative estimate of drug-likeness (QED) is 0.540. The third kappa shape index (κ3) is 3.86.